The normalized spacial score (nSPS) is 24.6. The minimum Gasteiger partial charge on any atom is -0.456 e. The Kier molecular flexibility index (Phi) is 8.17. The van der Waals surface area contributed by atoms with Crippen LogP contribution >= 0.6 is 22.6 Å². The first-order chi connectivity index (χ1) is 19.9. The van der Waals surface area contributed by atoms with Gasteiger partial charge in [-0.1, -0.05) is 18.2 Å². The van der Waals surface area contributed by atoms with Gasteiger partial charge in [-0.2, -0.15) is 0 Å². The Balaban J connectivity index is 1.18. The van der Waals surface area contributed by atoms with Crippen molar-refractivity contribution < 1.29 is 33.7 Å². The molecule has 3 atom stereocenters. The maximum atomic E-state index is 13.4. The van der Waals surface area contributed by atoms with E-state index in [1.54, 1.807) is 30.3 Å². The fourth-order valence-corrected chi connectivity index (χ4v) is 6.32. The number of ether oxygens (including phenoxy) is 3. The number of amides is 2. The number of carbonyl (C=O) groups excluding carboxylic acids is 3. The molecule has 0 spiro atoms. The van der Waals surface area contributed by atoms with Crippen LogP contribution in [-0.4, -0.2) is 60.1 Å². The SMILES string of the molecule is O=C(NCc1cccc(C(=O)NCCO)c1)C1=C[C@H]2OC(C3CC3)(C3CC3)O[C@H]2[C@H](OC(=O)c2cccc(I)c2)C1. The van der Waals surface area contributed by atoms with Crippen LogP contribution in [0.15, 0.2) is 60.2 Å². The number of hydrogen-bond acceptors (Lipinski definition) is 7. The number of nitrogens with one attached hydrogen (secondary N) is 2. The maximum Gasteiger partial charge on any atom is 0.338 e. The monoisotopic (exact) mass is 672 g/mol. The number of fused-ring (bicyclic) bond motifs is 1. The van der Waals surface area contributed by atoms with Crippen molar-refractivity contribution >= 4 is 40.4 Å². The number of esters is 1. The first-order valence-corrected chi connectivity index (χ1v) is 15.2. The van der Waals surface area contributed by atoms with Crippen LogP contribution in [0.3, 0.4) is 0 Å². The molecule has 216 valence electrons. The lowest BCUT2D eigenvalue weighted by Gasteiger charge is -2.31. The average molecular weight is 673 g/mol. The number of aliphatic hydroxyl groups is 1. The molecular formula is C31H33IN2O7. The van der Waals surface area contributed by atoms with E-state index < -0.39 is 30.1 Å². The van der Waals surface area contributed by atoms with Gasteiger partial charge in [0.2, 0.25) is 5.91 Å². The second kappa shape index (κ2) is 11.8. The summed E-state index contributed by atoms with van der Waals surface area (Å²) in [6.07, 6.45) is 4.62. The first-order valence-electron chi connectivity index (χ1n) is 14.2. The third kappa shape index (κ3) is 6.20. The van der Waals surface area contributed by atoms with E-state index in [0.29, 0.717) is 28.5 Å². The molecule has 2 aromatic carbocycles. The van der Waals surface area contributed by atoms with Gasteiger partial charge in [-0.05, 0) is 90.2 Å². The van der Waals surface area contributed by atoms with Gasteiger partial charge < -0.3 is 30.0 Å². The van der Waals surface area contributed by atoms with E-state index in [4.69, 9.17) is 19.3 Å². The van der Waals surface area contributed by atoms with Gasteiger partial charge in [0, 0.05) is 46.1 Å². The highest BCUT2D eigenvalue weighted by molar-refractivity contribution is 14.1. The zero-order valence-corrected chi connectivity index (χ0v) is 24.7. The van der Waals surface area contributed by atoms with E-state index in [9.17, 15) is 14.4 Å². The summed E-state index contributed by atoms with van der Waals surface area (Å²) in [6, 6.07) is 14.2. The summed E-state index contributed by atoms with van der Waals surface area (Å²) < 4.78 is 20.2. The molecule has 1 saturated heterocycles. The lowest BCUT2D eigenvalue weighted by Crippen LogP contribution is -2.44. The molecule has 6 rings (SSSR count). The highest BCUT2D eigenvalue weighted by atomic mass is 127. The molecule has 3 aliphatic carbocycles. The van der Waals surface area contributed by atoms with E-state index in [2.05, 4.69) is 33.2 Å². The van der Waals surface area contributed by atoms with Crippen molar-refractivity contribution in [1.29, 1.82) is 0 Å². The lowest BCUT2D eigenvalue weighted by molar-refractivity contribution is -0.209. The van der Waals surface area contributed by atoms with Gasteiger partial charge in [0.15, 0.2) is 5.79 Å². The van der Waals surface area contributed by atoms with Crippen molar-refractivity contribution in [3.05, 3.63) is 80.4 Å². The van der Waals surface area contributed by atoms with E-state index in [-0.39, 0.29) is 37.9 Å². The van der Waals surface area contributed by atoms with Gasteiger partial charge in [-0.25, -0.2) is 4.79 Å². The Labute approximate surface area is 252 Å². The molecule has 0 unspecified atom stereocenters. The minimum atomic E-state index is -0.672. The van der Waals surface area contributed by atoms with Crippen molar-refractivity contribution in [3.63, 3.8) is 0 Å². The molecule has 2 amide bonds. The molecule has 0 aromatic heterocycles. The van der Waals surface area contributed by atoms with Crippen LogP contribution in [0.25, 0.3) is 0 Å². The van der Waals surface area contributed by atoms with Crippen LogP contribution in [0.1, 0.15) is 58.4 Å². The number of halogens is 1. The Morgan fingerprint density at radius 1 is 0.951 bits per heavy atom. The van der Waals surface area contributed by atoms with Gasteiger partial charge in [0.25, 0.3) is 5.91 Å². The predicted octanol–water partition coefficient (Wildman–Crippen LogP) is 3.49. The number of aliphatic hydroxyl groups excluding tert-OH is 1. The van der Waals surface area contributed by atoms with Gasteiger partial charge in [-0.15, -0.1) is 0 Å². The minimum absolute atomic E-state index is 0.142. The zero-order valence-electron chi connectivity index (χ0n) is 22.5. The largest absolute Gasteiger partial charge is 0.456 e. The van der Waals surface area contributed by atoms with Gasteiger partial charge in [0.05, 0.1) is 12.2 Å². The molecule has 9 nitrogen and oxygen atoms in total. The van der Waals surface area contributed by atoms with E-state index in [0.717, 1.165) is 34.8 Å². The highest BCUT2D eigenvalue weighted by Crippen LogP contribution is 2.59. The molecule has 0 bridgehead atoms. The topological polar surface area (TPSA) is 123 Å². The number of rotatable bonds is 10. The van der Waals surface area contributed by atoms with E-state index in [1.165, 1.54) is 0 Å². The molecule has 3 fully saturated rings. The summed E-state index contributed by atoms with van der Waals surface area (Å²) in [7, 11) is 0. The lowest BCUT2D eigenvalue weighted by atomic mass is 9.91. The van der Waals surface area contributed by atoms with Crippen LogP contribution in [0.2, 0.25) is 0 Å². The van der Waals surface area contributed by atoms with Gasteiger partial charge in [0.1, 0.15) is 18.3 Å². The van der Waals surface area contributed by atoms with Crippen molar-refractivity contribution in [2.45, 2.75) is 62.7 Å². The van der Waals surface area contributed by atoms with Crippen LogP contribution in [0.4, 0.5) is 0 Å². The zero-order chi connectivity index (χ0) is 28.6. The summed E-state index contributed by atoms with van der Waals surface area (Å²) in [4.78, 5) is 38.8. The number of benzene rings is 2. The molecule has 2 saturated carbocycles. The maximum absolute atomic E-state index is 13.4. The summed E-state index contributed by atoms with van der Waals surface area (Å²) in [5.41, 5.74) is 2.13. The summed E-state index contributed by atoms with van der Waals surface area (Å²) in [5.74, 6) is -1.03. The fraction of sp³-hybridized carbons (Fsp3) is 0.452. The van der Waals surface area contributed by atoms with Crippen molar-refractivity contribution in [1.82, 2.24) is 10.6 Å². The second-order valence-electron chi connectivity index (χ2n) is 11.1. The Hall–Kier alpha value is -2.80. The van der Waals surface area contributed by atoms with E-state index in [1.807, 2.05) is 24.3 Å². The van der Waals surface area contributed by atoms with Crippen molar-refractivity contribution in [3.8, 4) is 0 Å². The molecular weight excluding hydrogens is 639 g/mol. The van der Waals surface area contributed by atoms with Crippen LogP contribution < -0.4 is 10.6 Å². The molecule has 4 aliphatic rings. The van der Waals surface area contributed by atoms with Crippen LogP contribution in [0.5, 0.6) is 0 Å². The van der Waals surface area contributed by atoms with Gasteiger partial charge >= 0.3 is 5.97 Å². The second-order valence-corrected chi connectivity index (χ2v) is 12.4. The third-order valence-electron chi connectivity index (χ3n) is 8.06. The first kappa shape index (κ1) is 28.3. The summed E-state index contributed by atoms with van der Waals surface area (Å²) >= 11 is 2.16. The average Bonchev–Trinajstić information content (AvgIpc) is 3.92. The molecule has 1 heterocycles. The number of hydrogen-bond donors (Lipinski definition) is 3. The predicted molar refractivity (Wildman–Crippen MR) is 157 cm³/mol. The molecule has 3 N–H and O–H groups in total. The fourth-order valence-electron chi connectivity index (χ4n) is 5.78. The Morgan fingerprint density at radius 2 is 1.68 bits per heavy atom. The summed E-state index contributed by atoms with van der Waals surface area (Å²) in [5, 5.41) is 14.5. The van der Waals surface area contributed by atoms with E-state index >= 15 is 0 Å². The van der Waals surface area contributed by atoms with Gasteiger partial charge in [-0.3, -0.25) is 9.59 Å². The third-order valence-corrected chi connectivity index (χ3v) is 8.73. The van der Waals surface area contributed by atoms with Crippen molar-refractivity contribution in [2.75, 3.05) is 13.2 Å². The summed E-state index contributed by atoms with van der Waals surface area (Å²) in [6.45, 7) is 0.236. The molecule has 10 heteroatoms. The Morgan fingerprint density at radius 3 is 2.39 bits per heavy atom. The molecule has 1 aliphatic heterocycles. The smallest absolute Gasteiger partial charge is 0.338 e. The number of carbonyl (C=O) groups is 3. The molecule has 41 heavy (non-hydrogen) atoms. The molecule has 0 radical (unpaired) electrons. The van der Waals surface area contributed by atoms with Crippen molar-refractivity contribution in [2.24, 2.45) is 11.8 Å². The molecule has 2 aromatic rings. The highest BCUT2D eigenvalue weighted by Gasteiger charge is 2.64. The Bertz CT molecular complexity index is 1360. The quantitative estimate of drug-likeness (QED) is 0.261. The van der Waals surface area contributed by atoms with Crippen LogP contribution in [-0.2, 0) is 25.5 Å². The van der Waals surface area contributed by atoms with Crippen LogP contribution in [0, 0.1) is 15.4 Å². The standard InChI is InChI=1S/C31H33IN2O7/c32-24-6-2-5-20(14-24)30(38)39-25-15-21(16-26-27(25)41-31(40-26,22-7-8-22)23-9-10-23)29(37)34-17-18-3-1-4-19(13-18)28(36)33-11-12-35/h1-6,13-14,16,22-23,25-27,35H,7-12,15,17H2,(H,33,36)(H,34,37)/t25-,26-,27+/m1/s1.